The average Bonchev–Trinajstić information content (AvgIpc) is 2.73. The number of nitrogens with zero attached hydrogens (tertiary/aromatic N) is 1. The molecule has 1 aromatic heterocycles. The van der Waals surface area contributed by atoms with Gasteiger partial charge < -0.3 is 4.98 Å². The number of rotatable bonds is 5. The van der Waals surface area contributed by atoms with E-state index in [1.165, 1.54) is 16.4 Å². The number of H-pyrrole nitrogens is 1. The lowest BCUT2D eigenvalue weighted by Crippen LogP contribution is -2.42. The van der Waals surface area contributed by atoms with Gasteiger partial charge in [0, 0.05) is 28.7 Å². The molecular formula is C23H25ClN2O3S. The topological polar surface area (TPSA) is 70.2 Å². The Balaban J connectivity index is 1.77. The van der Waals surface area contributed by atoms with Crippen molar-refractivity contribution in [2.75, 3.05) is 0 Å². The summed E-state index contributed by atoms with van der Waals surface area (Å²) in [4.78, 5) is 15.8. The minimum atomic E-state index is -3.77. The van der Waals surface area contributed by atoms with Gasteiger partial charge in [0.2, 0.25) is 10.0 Å². The summed E-state index contributed by atoms with van der Waals surface area (Å²) in [7, 11) is -3.77. The number of aromatic nitrogens is 1. The van der Waals surface area contributed by atoms with Crippen LogP contribution in [-0.2, 0) is 16.6 Å². The molecule has 158 valence electrons. The number of hydrogen-bond acceptors (Lipinski definition) is 3. The van der Waals surface area contributed by atoms with E-state index in [0.29, 0.717) is 10.6 Å². The van der Waals surface area contributed by atoms with Crippen molar-refractivity contribution in [2.45, 2.75) is 56.5 Å². The lowest BCUT2D eigenvalue weighted by molar-refractivity contribution is 0.247. The van der Waals surface area contributed by atoms with E-state index < -0.39 is 10.0 Å². The van der Waals surface area contributed by atoms with Crippen molar-refractivity contribution in [2.24, 2.45) is 0 Å². The smallest absolute Gasteiger partial charge is 0.252 e. The lowest BCUT2D eigenvalue weighted by atomic mass is 9.95. The second kappa shape index (κ2) is 8.53. The first kappa shape index (κ1) is 21.1. The SMILES string of the molecule is Cc1ccc2[nH]c(=O)c(CN(C3CCCCC3)S(=O)(=O)c3ccc(Cl)cc3)cc2c1. The van der Waals surface area contributed by atoms with E-state index in [1.807, 2.05) is 31.2 Å². The minimum Gasteiger partial charge on any atom is -0.322 e. The van der Waals surface area contributed by atoms with Crippen LogP contribution in [-0.4, -0.2) is 23.7 Å². The molecule has 0 bridgehead atoms. The molecule has 1 heterocycles. The molecule has 1 aliphatic rings. The fourth-order valence-corrected chi connectivity index (χ4v) is 5.97. The van der Waals surface area contributed by atoms with E-state index in [0.717, 1.165) is 48.6 Å². The van der Waals surface area contributed by atoms with Crippen molar-refractivity contribution in [1.29, 1.82) is 0 Å². The van der Waals surface area contributed by atoms with Gasteiger partial charge in [-0.1, -0.05) is 42.5 Å². The minimum absolute atomic E-state index is 0.0504. The molecule has 5 nitrogen and oxygen atoms in total. The number of aryl methyl sites for hydroxylation is 1. The molecule has 3 aromatic rings. The third kappa shape index (κ3) is 4.31. The third-order valence-corrected chi connectivity index (χ3v) is 7.97. The Morgan fingerprint density at radius 1 is 1.03 bits per heavy atom. The van der Waals surface area contributed by atoms with E-state index in [2.05, 4.69) is 4.98 Å². The van der Waals surface area contributed by atoms with Gasteiger partial charge in [0.05, 0.1) is 4.90 Å². The normalized spacial score (nSPS) is 15.7. The molecule has 1 aliphatic carbocycles. The molecule has 0 atom stereocenters. The highest BCUT2D eigenvalue weighted by atomic mass is 35.5. The fraction of sp³-hybridized carbons (Fsp3) is 0.348. The summed E-state index contributed by atoms with van der Waals surface area (Å²) < 4.78 is 28.6. The summed E-state index contributed by atoms with van der Waals surface area (Å²) >= 11 is 5.95. The summed E-state index contributed by atoms with van der Waals surface area (Å²) in [5.74, 6) is 0. The molecule has 0 radical (unpaired) electrons. The predicted molar refractivity (Wildman–Crippen MR) is 120 cm³/mol. The highest BCUT2D eigenvalue weighted by molar-refractivity contribution is 7.89. The number of fused-ring (bicyclic) bond motifs is 1. The monoisotopic (exact) mass is 444 g/mol. The Bertz CT molecular complexity index is 1210. The molecule has 30 heavy (non-hydrogen) atoms. The summed E-state index contributed by atoms with van der Waals surface area (Å²) in [6.07, 6.45) is 4.70. The molecule has 0 aliphatic heterocycles. The average molecular weight is 445 g/mol. The van der Waals surface area contributed by atoms with Crippen LogP contribution in [0.15, 0.2) is 58.2 Å². The summed E-state index contributed by atoms with van der Waals surface area (Å²) in [5.41, 5.74) is 2.03. The first-order valence-corrected chi connectivity index (χ1v) is 12.1. The summed E-state index contributed by atoms with van der Waals surface area (Å²) in [5, 5.41) is 1.39. The first-order chi connectivity index (χ1) is 14.3. The van der Waals surface area contributed by atoms with Gasteiger partial charge in [-0.05, 0) is 67.6 Å². The zero-order chi connectivity index (χ0) is 21.3. The molecule has 1 fully saturated rings. The van der Waals surface area contributed by atoms with E-state index >= 15 is 0 Å². The van der Waals surface area contributed by atoms with E-state index in [-0.39, 0.29) is 23.0 Å². The maximum absolute atomic E-state index is 13.5. The van der Waals surface area contributed by atoms with E-state index in [1.54, 1.807) is 12.1 Å². The van der Waals surface area contributed by atoms with Crippen LogP contribution in [0.3, 0.4) is 0 Å². The Morgan fingerprint density at radius 2 is 1.73 bits per heavy atom. The predicted octanol–water partition coefficient (Wildman–Crippen LogP) is 5.01. The first-order valence-electron chi connectivity index (χ1n) is 10.2. The quantitative estimate of drug-likeness (QED) is 0.601. The Morgan fingerprint density at radius 3 is 2.43 bits per heavy atom. The highest BCUT2D eigenvalue weighted by Crippen LogP contribution is 2.30. The number of sulfonamides is 1. The standard InChI is InChI=1S/C23H25ClN2O3S/c1-16-7-12-22-17(13-16)14-18(23(27)25-22)15-26(20-5-3-2-4-6-20)30(28,29)21-10-8-19(24)9-11-21/h7-14,20H,2-6,15H2,1H3,(H,25,27). The Hall–Kier alpha value is -2.15. The van der Waals surface area contributed by atoms with Gasteiger partial charge in [-0.2, -0.15) is 4.31 Å². The van der Waals surface area contributed by atoms with Gasteiger partial charge >= 0.3 is 0 Å². The second-order valence-electron chi connectivity index (χ2n) is 8.01. The maximum atomic E-state index is 13.5. The molecule has 0 spiro atoms. The van der Waals surface area contributed by atoms with Crippen molar-refractivity contribution >= 4 is 32.5 Å². The van der Waals surface area contributed by atoms with Crippen LogP contribution < -0.4 is 5.56 Å². The van der Waals surface area contributed by atoms with Crippen LogP contribution in [0.4, 0.5) is 0 Å². The van der Waals surface area contributed by atoms with E-state index in [9.17, 15) is 13.2 Å². The Labute approximate surface area is 181 Å². The number of hydrogen-bond donors (Lipinski definition) is 1. The fourth-order valence-electron chi connectivity index (χ4n) is 4.18. The van der Waals surface area contributed by atoms with Crippen LogP contribution in [0.2, 0.25) is 5.02 Å². The molecule has 0 saturated heterocycles. The third-order valence-electron chi connectivity index (χ3n) is 5.81. The molecular weight excluding hydrogens is 420 g/mol. The summed E-state index contributed by atoms with van der Waals surface area (Å²) in [6.45, 7) is 2.04. The highest BCUT2D eigenvalue weighted by Gasteiger charge is 2.33. The second-order valence-corrected chi connectivity index (χ2v) is 10.3. The molecule has 0 unspecified atom stereocenters. The van der Waals surface area contributed by atoms with Gasteiger partial charge in [-0.15, -0.1) is 0 Å². The zero-order valence-corrected chi connectivity index (χ0v) is 18.5. The van der Waals surface area contributed by atoms with Crippen molar-refractivity contribution in [3.8, 4) is 0 Å². The van der Waals surface area contributed by atoms with Gasteiger partial charge in [0.25, 0.3) is 5.56 Å². The Kier molecular flexibility index (Phi) is 6.00. The number of benzene rings is 2. The van der Waals surface area contributed by atoms with Gasteiger partial charge in [-0.3, -0.25) is 4.79 Å². The van der Waals surface area contributed by atoms with E-state index in [4.69, 9.17) is 11.6 Å². The molecule has 1 saturated carbocycles. The maximum Gasteiger partial charge on any atom is 0.252 e. The van der Waals surface area contributed by atoms with Crippen molar-refractivity contribution < 1.29 is 8.42 Å². The van der Waals surface area contributed by atoms with Crippen LogP contribution in [0, 0.1) is 6.92 Å². The number of pyridine rings is 1. The summed E-state index contributed by atoms with van der Waals surface area (Å²) in [6, 6.07) is 13.7. The number of aromatic amines is 1. The van der Waals surface area contributed by atoms with Crippen molar-refractivity contribution in [3.05, 3.63) is 75.0 Å². The zero-order valence-electron chi connectivity index (χ0n) is 16.9. The molecule has 7 heteroatoms. The lowest BCUT2D eigenvalue weighted by Gasteiger charge is -2.33. The van der Waals surface area contributed by atoms with Crippen LogP contribution in [0.5, 0.6) is 0 Å². The van der Waals surface area contributed by atoms with Gasteiger partial charge in [-0.25, -0.2) is 8.42 Å². The molecule has 4 rings (SSSR count). The molecule has 1 N–H and O–H groups in total. The van der Waals surface area contributed by atoms with Crippen molar-refractivity contribution in [3.63, 3.8) is 0 Å². The largest absolute Gasteiger partial charge is 0.322 e. The van der Waals surface area contributed by atoms with Crippen molar-refractivity contribution in [1.82, 2.24) is 9.29 Å². The van der Waals surface area contributed by atoms with Crippen LogP contribution in [0.1, 0.15) is 43.2 Å². The molecule has 0 amide bonds. The van der Waals surface area contributed by atoms with Gasteiger partial charge in [0.1, 0.15) is 0 Å². The van der Waals surface area contributed by atoms with Crippen LogP contribution >= 0.6 is 11.6 Å². The number of halogens is 1. The van der Waals surface area contributed by atoms with Gasteiger partial charge in [0.15, 0.2) is 0 Å². The molecule has 2 aromatic carbocycles. The number of nitrogens with one attached hydrogen (secondary N) is 1. The van der Waals surface area contributed by atoms with Crippen LogP contribution in [0.25, 0.3) is 10.9 Å².